The van der Waals surface area contributed by atoms with Gasteiger partial charge in [-0.25, -0.2) is 0 Å². The number of ether oxygens (including phenoxy) is 1. The van der Waals surface area contributed by atoms with Crippen LogP contribution in [-0.2, 0) is 4.74 Å². The van der Waals surface area contributed by atoms with E-state index in [-0.39, 0.29) is 18.1 Å². The van der Waals surface area contributed by atoms with Gasteiger partial charge in [0, 0.05) is 16.3 Å². The second kappa shape index (κ2) is 4.78. The summed E-state index contributed by atoms with van der Waals surface area (Å²) >= 11 is 1.68. The van der Waals surface area contributed by atoms with Crippen LogP contribution in [0.1, 0.15) is 34.0 Å². The van der Waals surface area contributed by atoms with Crippen molar-refractivity contribution >= 4 is 17.2 Å². The lowest BCUT2D eigenvalue weighted by Gasteiger charge is -2.36. The summed E-state index contributed by atoms with van der Waals surface area (Å²) < 4.78 is 5.55. The minimum Gasteiger partial charge on any atom is -0.375 e. The zero-order valence-electron chi connectivity index (χ0n) is 10.8. The van der Waals surface area contributed by atoms with Crippen LogP contribution in [0.2, 0.25) is 0 Å². The van der Waals surface area contributed by atoms with Crippen LogP contribution in [0.4, 0.5) is 0 Å². The molecule has 0 radical (unpaired) electrons. The van der Waals surface area contributed by atoms with Crippen LogP contribution in [0.15, 0.2) is 6.07 Å². The van der Waals surface area contributed by atoms with E-state index in [9.17, 15) is 4.79 Å². The van der Waals surface area contributed by atoms with Gasteiger partial charge in [0.2, 0.25) is 0 Å². The molecule has 0 spiro atoms. The van der Waals surface area contributed by atoms with Crippen molar-refractivity contribution in [1.82, 2.24) is 4.90 Å². The maximum atomic E-state index is 12.5. The minimum absolute atomic E-state index is 0.134. The number of rotatable bonds is 1. The van der Waals surface area contributed by atoms with Crippen molar-refractivity contribution in [2.45, 2.75) is 39.8 Å². The molecule has 2 heterocycles. The molecule has 1 saturated heterocycles. The van der Waals surface area contributed by atoms with E-state index in [4.69, 9.17) is 4.74 Å². The Morgan fingerprint density at radius 2 is 2.18 bits per heavy atom. The molecule has 3 nitrogen and oxygen atoms in total. The van der Waals surface area contributed by atoms with Crippen molar-refractivity contribution < 1.29 is 9.53 Å². The Morgan fingerprint density at radius 1 is 1.47 bits per heavy atom. The molecule has 1 aliphatic rings. The summed E-state index contributed by atoms with van der Waals surface area (Å²) in [5, 5.41) is 0. The first-order valence-corrected chi connectivity index (χ1v) is 6.80. The number of hydrogen-bond acceptors (Lipinski definition) is 3. The molecule has 0 bridgehead atoms. The third kappa shape index (κ3) is 2.53. The summed E-state index contributed by atoms with van der Waals surface area (Å²) in [6, 6.07) is 2.16. The van der Waals surface area contributed by atoms with E-state index >= 15 is 0 Å². The second-order valence-corrected chi connectivity index (χ2v) is 6.24. The van der Waals surface area contributed by atoms with Gasteiger partial charge in [-0.05, 0) is 33.8 Å². The van der Waals surface area contributed by atoms with Crippen LogP contribution >= 0.6 is 11.3 Å². The molecule has 94 valence electrons. The summed E-state index contributed by atoms with van der Waals surface area (Å²) in [5.74, 6) is 0.148. The lowest BCUT2D eigenvalue weighted by molar-refractivity contribution is -0.0387. The van der Waals surface area contributed by atoms with E-state index in [0.717, 1.165) is 10.4 Å². The number of carbonyl (C=O) groups is 1. The number of morpholine rings is 1. The maximum Gasteiger partial charge on any atom is 0.255 e. The molecule has 2 unspecified atom stereocenters. The highest BCUT2D eigenvalue weighted by atomic mass is 32.1. The first-order chi connectivity index (χ1) is 7.99. The number of hydrogen-bond donors (Lipinski definition) is 0. The van der Waals surface area contributed by atoms with Gasteiger partial charge < -0.3 is 9.64 Å². The van der Waals surface area contributed by atoms with Crippen molar-refractivity contribution in [3.8, 4) is 0 Å². The fourth-order valence-electron chi connectivity index (χ4n) is 2.18. The van der Waals surface area contributed by atoms with Crippen molar-refractivity contribution in [2.75, 3.05) is 13.2 Å². The molecule has 2 atom stereocenters. The van der Waals surface area contributed by atoms with E-state index in [1.54, 1.807) is 11.3 Å². The van der Waals surface area contributed by atoms with Crippen LogP contribution in [-0.4, -0.2) is 36.1 Å². The molecule has 1 aromatic heterocycles. The van der Waals surface area contributed by atoms with Gasteiger partial charge in [0.1, 0.15) is 0 Å². The lowest BCUT2D eigenvalue weighted by Crippen LogP contribution is -2.50. The third-order valence-electron chi connectivity index (χ3n) is 3.14. The Labute approximate surface area is 106 Å². The summed E-state index contributed by atoms with van der Waals surface area (Å²) in [6.45, 7) is 9.43. The Balaban J connectivity index is 2.21. The Kier molecular flexibility index (Phi) is 3.54. The summed E-state index contributed by atoms with van der Waals surface area (Å²) in [4.78, 5) is 16.7. The smallest absolute Gasteiger partial charge is 0.255 e. The van der Waals surface area contributed by atoms with Crippen molar-refractivity contribution in [2.24, 2.45) is 0 Å². The molecule has 17 heavy (non-hydrogen) atoms. The van der Waals surface area contributed by atoms with Crippen LogP contribution in [0.25, 0.3) is 0 Å². The van der Waals surface area contributed by atoms with Crippen molar-refractivity contribution in [1.29, 1.82) is 0 Å². The summed E-state index contributed by atoms with van der Waals surface area (Å²) in [7, 11) is 0. The van der Waals surface area contributed by atoms with Gasteiger partial charge in [0.15, 0.2) is 0 Å². The fraction of sp³-hybridized carbons (Fsp3) is 0.615. The molecule has 0 aromatic carbocycles. The maximum absolute atomic E-state index is 12.5. The Hall–Kier alpha value is -0.870. The number of carbonyl (C=O) groups excluding carboxylic acids is 1. The van der Waals surface area contributed by atoms with Crippen LogP contribution in [0.5, 0.6) is 0 Å². The average Bonchev–Trinajstić information content (AvgIpc) is 2.60. The van der Waals surface area contributed by atoms with Crippen LogP contribution in [0, 0.1) is 13.8 Å². The predicted molar refractivity (Wildman–Crippen MR) is 69.7 cm³/mol. The molecule has 0 N–H and O–H groups in total. The molecule has 0 saturated carbocycles. The standard InChI is InChI=1S/C13H19NO2S/c1-8-7-16-9(2)6-14(8)13(15)12-5-10(3)17-11(12)4/h5,8-9H,6-7H2,1-4H3. The number of aryl methyl sites for hydroxylation is 2. The van der Waals surface area contributed by atoms with Crippen LogP contribution in [0.3, 0.4) is 0 Å². The highest BCUT2D eigenvalue weighted by Crippen LogP contribution is 2.24. The third-order valence-corrected chi connectivity index (χ3v) is 4.11. The van der Waals surface area contributed by atoms with Gasteiger partial charge >= 0.3 is 0 Å². The predicted octanol–water partition coefficient (Wildman–Crippen LogP) is 2.61. The quantitative estimate of drug-likeness (QED) is 0.770. The molecule has 1 amide bonds. The van der Waals surface area contributed by atoms with E-state index in [1.807, 2.05) is 38.7 Å². The average molecular weight is 253 g/mol. The Bertz CT molecular complexity index is 427. The van der Waals surface area contributed by atoms with E-state index in [0.29, 0.717) is 13.2 Å². The van der Waals surface area contributed by atoms with Gasteiger partial charge in [-0.3, -0.25) is 4.79 Å². The number of thiophene rings is 1. The fourth-order valence-corrected chi connectivity index (χ4v) is 3.10. The SMILES string of the molecule is Cc1cc(C(=O)N2CC(C)OCC2C)c(C)s1. The summed E-state index contributed by atoms with van der Waals surface area (Å²) in [6.07, 6.45) is 0.134. The minimum atomic E-state index is 0.134. The highest BCUT2D eigenvalue weighted by molar-refractivity contribution is 7.12. The molecule has 4 heteroatoms. The normalized spacial score (nSPS) is 25.1. The van der Waals surface area contributed by atoms with Gasteiger partial charge in [-0.2, -0.15) is 0 Å². The molecular weight excluding hydrogens is 234 g/mol. The molecular formula is C13H19NO2S. The first-order valence-electron chi connectivity index (χ1n) is 5.98. The molecule has 1 aromatic rings. The molecule has 1 aliphatic heterocycles. The van der Waals surface area contributed by atoms with Crippen LogP contribution < -0.4 is 0 Å². The van der Waals surface area contributed by atoms with Gasteiger partial charge in [-0.1, -0.05) is 0 Å². The van der Waals surface area contributed by atoms with E-state index in [2.05, 4.69) is 0 Å². The Morgan fingerprint density at radius 3 is 2.76 bits per heavy atom. The van der Waals surface area contributed by atoms with Gasteiger partial charge in [0.25, 0.3) is 5.91 Å². The molecule has 1 fully saturated rings. The molecule has 0 aliphatic carbocycles. The van der Waals surface area contributed by atoms with Crippen molar-refractivity contribution in [3.63, 3.8) is 0 Å². The zero-order valence-corrected chi connectivity index (χ0v) is 11.6. The van der Waals surface area contributed by atoms with Gasteiger partial charge in [0.05, 0.1) is 24.3 Å². The lowest BCUT2D eigenvalue weighted by atomic mass is 10.1. The number of amides is 1. The second-order valence-electron chi connectivity index (χ2n) is 4.78. The van der Waals surface area contributed by atoms with E-state index in [1.165, 1.54) is 4.88 Å². The number of nitrogens with zero attached hydrogens (tertiary/aromatic N) is 1. The van der Waals surface area contributed by atoms with E-state index < -0.39 is 0 Å². The highest BCUT2D eigenvalue weighted by Gasteiger charge is 2.29. The summed E-state index contributed by atoms with van der Waals surface area (Å²) in [5.41, 5.74) is 0.855. The monoisotopic (exact) mass is 253 g/mol. The molecule has 2 rings (SSSR count). The van der Waals surface area contributed by atoms with Crippen molar-refractivity contribution in [3.05, 3.63) is 21.4 Å². The largest absolute Gasteiger partial charge is 0.375 e. The topological polar surface area (TPSA) is 29.5 Å². The zero-order chi connectivity index (χ0) is 12.6. The first kappa shape index (κ1) is 12.6. The van der Waals surface area contributed by atoms with Gasteiger partial charge in [-0.15, -0.1) is 11.3 Å².